The van der Waals surface area contributed by atoms with Crippen molar-refractivity contribution in [2.75, 3.05) is 0 Å². The van der Waals surface area contributed by atoms with E-state index in [9.17, 15) is 4.79 Å². The molecular formula is C29H32N2O2. The van der Waals surface area contributed by atoms with Gasteiger partial charge in [-0.05, 0) is 55.7 Å². The quantitative estimate of drug-likeness (QED) is 0.372. The highest BCUT2D eigenvalue weighted by molar-refractivity contribution is 5.86. The van der Waals surface area contributed by atoms with Gasteiger partial charge in [0.2, 0.25) is 5.91 Å². The highest BCUT2D eigenvalue weighted by Gasteiger charge is 2.24. The lowest BCUT2D eigenvalue weighted by atomic mass is 9.87. The number of amides is 1. The van der Waals surface area contributed by atoms with Crippen molar-refractivity contribution in [3.63, 3.8) is 0 Å². The summed E-state index contributed by atoms with van der Waals surface area (Å²) in [5.41, 5.74) is 4.22. The van der Waals surface area contributed by atoms with E-state index in [2.05, 4.69) is 65.6 Å². The molecule has 1 aromatic heterocycles. The van der Waals surface area contributed by atoms with Crippen molar-refractivity contribution in [3.05, 3.63) is 102 Å². The summed E-state index contributed by atoms with van der Waals surface area (Å²) in [6, 6.07) is 26.6. The van der Waals surface area contributed by atoms with Gasteiger partial charge in [-0.1, -0.05) is 60.7 Å². The number of aryl methyl sites for hydroxylation is 1. The van der Waals surface area contributed by atoms with Gasteiger partial charge >= 0.3 is 0 Å². The summed E-state index contributed by atoms with van der Waals surface area (Å²) < 4.78 is 8.23. The molecule has 1 heterocycles. The van der Waals surface area contributed by atoms with Crippen molar-refractivity contribution < 1.29 is 9.53 Å². The van der Waals surface area contributed by atoms with Crippen LogP contribution in [-0.4, -0.2) is 16.0 Å². The SMILES string of the molecule is Cn1cc(C(CC(=O)NC(C)(C)C)c2cccc(OCc3ccccc3)c2)c2ccccc21. The number of nitrogens with zero attached hydrogens (tertiary/aromatic N) is 1. The third-order valence-corrected chi connectivity index (χ3v) is 5.72. The Kier molecular flexibility index (Phi) is 6.55. The molecule has 0 aliphatic heterocycles. The van der Waals surface area contributed by atoms with Gasteiger partial charge in [-0.3, -0.25) is 4.79 Å². The van der Waals surface area contributed by atoms with Crippen LogP contribution in [0.1, 0.15) is 49.8 Å². The fraction of sp³-hybridized carbons (Fsp3) is 0.276. The number of hydrogen-bond acceptors (Lipinski definition) is 2. The first-order chi connectivity index (χ1) is 15.8. The molecule has 0 aliphatic rings. The molecule has 1 amide bonds. The van der Waals surface area contributed by atoms with E-state index in [0.29, 0.717) is 13.0 Å². The zero-order valence-electron chi connectivity index (χ0n) is 19.8. The lowest BCUT2D eigenvalue weighted by molar-refractivity contribution is -0.122. The van der Waals surface area contributed by atoms with Crippen LogP contribution < -0.4 is 10.1 Å². The molecule has 0 spiro atoms. The Balaban J connectivity index is 1.68. The van der Waals surface area contributed by atoms with Crippen LogP contribution in [-0.2, 0) is 18.4 Å². The van der Waals surface area contributed by atoms with Crippen LogP contribution in [0.5, 0.6) is 5.75 Å². The van der Waals surface area contributed by atoms with Crippen LogP contribution in [0, 0.1) is 0 Å². The largest absolute Gasteiger partial charge is 0.489 e. The van der Waals surface area contributed by atoms with Gasteiger partial charge in [-0.15, -0.1) is 0 Å². The van der Waals surface area contributed by atoms with Crippen molar-refractivity contribution in [1.82, 2.24) is 9.88 Å². The summed E-state index contributed by atoms with van der Waals surface area (Å²) in [4.78, 5) is 13.0. The summed E-state index contributed by atoms with van der Waals surface area (Å²) in [6.45, 7) is 6.54. The minimum absolute atomic E-state index is 0.0380. The van der Waals surface area contributed by atoms with Crippen LogP contribution in [0.15, 0.2) is 85.1 Å². The Morgan fingerprint density at radius 1 is 0.970 bits per heavy atom. The fourth-order valence-electron chi connectivity index (χ4n) is 4.27. The molecule has 0 radical (unpaired) electrons. The topological polar surface area (TPSA) is 43.3 Å². The van der Waals surface area contributed by atoms with E-state index in [4.69, 9.17) is 4.74 Å². The van der Waals surface area contributed by atoms with Crippen LogP contribution >= 0.6 is 0 Å². The first kappa shape index (κ1) is 22.7. The Labute approximate surface area is 196 Å². The van der Waals surface area contributed by atoms with Gasteiger partial charge in [0, 0.05) is 42.0 Å². The van der Waals surface area contributed by atoms with Crippen LogP contribution in [0.2, 0.25) is 0 Å². The lowest BCUT2D eigenvalue weighted by Gasteiger charge is -2.24. The Hall–Kier alpha value is -3.53. The van der Waals surface area contributed by atoms with Crippen LogP contribution in [0.3, 0.4) is 0 Å². The molecule has 3 aromatic carbocycles. The number of rotatable bonds is 7. The standard InChI is InChI=1S/C29H32N2O2/c1-29(2,3)30-28(32)18-25(26-19-31(4)27-16-9-8-15-24(26)27)22-13-10-14-23(17-22)33-20-21-11-6-5-7-12-21/h5-17,19,25H,18,20H2,1-4H3,(H,30,32). The molecule has 0 aliphatic carbocycles. The minimum Gasteiger partial charge on any atom is -0.489 e. The molecule has 0 saturated carbocycles. The average molecular weight is 441 g/mol. The molecule has 33 heavy (non-hydrogen) atoms. The number of carbonyl (C=O) groups is 1. The first-order valence-corrected chi connectivity index (χ1v) is 11.4. The van der Waals surface area contributed by atoms with E-state index in [1.165, 1.54) is 5.39 Å². The normalized spacial score (nSPS) is 12.5. The number of para-hydroxylation sites is 1. The highest BCUT2D eigenvalue weighted by atomic mass is 16.5. The molecule has 0 fully saturated rings. The third kappa shape index (κ3) is 5.64. The minimum atomic E-state index is -0.277. The maximum Gasteiger partial charge on any atom is 0.221 e. The summed E-state index contributed by atoms with van der Waals surface area (Å²) in [5, 5.41) is 4.30. The van der Waals surface area contributed by atoms with Crippen LogP contribution in [0.25, 0.3) is 10.9 Å². The Morgan fingerprint density at radius 2 is 1.70 bits per heavy atom. The van der Waals surface area contributed by atoms with E-state index in [-0.39, 0.29) is 17.4 Å². The van der Waals surface area contributed by atoms with Gasteiger partial charge in [0.1, 0.15) is 12.4 Å². The first-order valence-electron chi connectivity index (χ1n) is 11.4. The predicted octanol–water partition coefficient (Wildman–Crippen LogP) is 6.19. The highest BCUT2D eigenvalue weighted by Crippen LogP contribution is 2.36. The molecule has 170 valence electrons. The summed E-state index contributed by atoms with van der Waals surface area (Å²) >= 11 is 0. The zero-order valence-corrected chi connectivity index (χ0v) is 19.8. The number of benzene rings is 3. The molecule has 4 rings (SSSR count). The van der Waals surface area contributed by atoms with E-state index < -0.39 is 0 Å². The summed E-state index contributed by atoms with van der Waals surface area (Å²) in [7, 11) is 2.05. The molecule has 0 saturated heterocycles. The molecule has 4 aromatic rings. The molecule has 0 bridgehead atoms. The molecule has 1 N–H and O–H groups in total. The van der Waals surface area contributed by atoms with Gasteiger partial charge in [-0.25, -0.2) is 0 Å². The van der Waals surface area contributed by atoms with Crippen molar-refractivity contribution in [1.29, 1.82) is 0 Å². The smallest absolute Gasteiger partial charge is 0.221 e. The van der Waals surface area contributed by atoms with Gasteiger partial charge in [0.15, 0.2) is 0 Å². The number of aromatic nitrogens is 1. The van der Waals surface area contributed by atoms with E-state index in [1.54, 1.807) is 0 Å². The molecule has 1 atom stereocenters. The van der Waals surface area contributed by atoms with E-state index in [1.807, 2.05) is 57.2 Å². The summed E-state index contributed by atoms with van der Waals surface area (Å²) in [6.07, 6.45) is 2.52. The van der Waals surface area contributed by atoms with Crippen molar-refractivity contribution >= 4 is 16.8 Å². The van der Waals surface area contributed by atoms with E-state index >= 15 is 0 Å². The van der Waals surface area contributed by atoms with Crippen molar-refractivity contribution in [2.24, 2.45) is 7.05 Å². The van der Waals surface area contributed by atoms with Gasteiger partial charge in [0.05, 0.1) is 0 Å². The predicted molar refractivity (Wildman–Crippen MR) is 134 cm³/mol. The van der Waals surface area contributed by atoms with Gasteiger partial charge < -0.3 is 14.6 Å². The Morgan fingerprint density at radius 3 is 2.45 bits per heavy atom. The number of fused-ring (bicyclic) bond motifs is 1. The molecule has 1 unspecified atom stereocenters. The number of hydrogen-bond donors (Lipinski definition) is 1. The zero-order chi connectivity index (χ0) is 23.4. The second-order valence-corrected chi connectivity index (χ2v) is 9.61. The molecular weight excluding hydrogens is 408 g/mol. The van der Waals surface area contributed by atoms with Crippen LogP contribution in [0.4, 0.5) is 0 Å². The molecule has 4 nitrogen and oxygen atoms in total. The van der Waals surface area contributed by atoms with Crippen molar-refractivity contribution in [3.8, 4) is 5.75 Å². The number of ether oxygens (including phenoxy) is 1. The number of nitrogens with one attached hydrogen (secondary N) is 1. The number of carbonyl (C=O) groups excluding carboxylic acids is 1. The van der Waals surface area contributed by atoms with E-state index in [0.717, 1.165) is 28.0 Å². The average Bonchev–Trinajstić information content (AvgIpc) is 3.12. The lowest BCUT2D eigenvalue weighted by Crippen LogP contribution is -2.41. The Bertz CT molecular complexity index is 1240. The summed E-state index contributed by atoms with van der Waals surface area (Å²) in [5.74, 6) is 0.757. The van der Waals surface area contributed by atoms with Gasteiger partial charge in [0.25, 0.3) is 0 Å². The van der Waals surface area contributed by atoms with Gasteiger partial charge in [-0.2, -0.15) is 0 Å². The third-order valence-electron chi connectivity index (χ3n) is 5.72. The fourth-order valence-corrected chi connectivity index (χ4v) is 4.27. The van der Waals surface area contributed by atoms with Crippen molar-refractivity contribution in [2.45, 2.75) is 45.3 Å². The maximum atomic E-state index is 13.0. The maximum absolute atomic E-state index is 13.0. The second-order valence-electron chi connectivity index (χ2n) is 9.61. The second kappa shape index (κ2) is 9.53. The monoisotopic (exact) mass is 440 g/mol. The molecule has 4 heteroatoms.